The molecule has 2 nitrogen and oxygen atoms in total. The third-order valence-electron chi connectivity index (χ3n) is 1.20. The summed E-state index contributed by atoms with van der Waals surface area (Å²) in [7, 11) is 1.90. The SMILES string of the molecule is CC/C=C\C(=N)CCNC. The predicted molar refractivity (Wildman–Crippen MR) is 45.7 cm³/mol. The van der Waals surface area contributed by atoms with Gasteiger partial charge in [-0.2, -0.15) is 0 Å². The van der Waals surface area contributed by atoms with Crippen molar-refractivity contribution in [2.24, 2.45) is 0 Å². The molecule has 0 spiro atoms. The summed E-state index contributed by atoms with van der Waals surface area (Å²) in [5, 5.41) is 10.4. The van der Waals surface area contributed by atoms with Gasteiger partial charge in [0.05, 0.1) is 0 Å². The van der Waals surface area contributed by atoms with Crippen LogP contribution >= 0.6 is 0 Å². The summed E-state index contributed by atoms with van der Waals surface area (Å²) >= 11 is 0. The molecular formula is C8H16N2. The fourth-order valence-electron chi connectivity index (χ4n) is 0.603. The first-order valence-corrected chi connectivity index (χ1v) is 3.69. The lowest BCUT2D eigenvalue weighted by atomic mass is 10.2. The largest absolute Gasteiger partial charge is 0.319 e. The van der Waals surface area contributed by atoms with Gasteiger partial charge in [-0.1, -0.05) is 13.0 Å². The molecule has 0 unspecified atom stereocenters. The van der Waals surface area contributed by atoms with Crippen LogP contribution in [-0.4, -0.2) is 19.3 Å². The molecule has 0 bridgehead atoms. The van der Waals surface area contributed by atoms with Gasteiger partial charge in [0.2, 0.25) is 0 Å². The van der Waals surface area contributed by atoms with E-state index in [4.69, 9.17) is 5.41 Å². The maximum Gasteiger partial charge on any atom is 0.0323 e. The summed E-state index contributed by atoms with van der Waals surface area (Å²) in [6.07, 6.45) is 5.73. The Kier molecular flexibility index (Phi) is 6.08. The molecule has 0 saturated heterocycles. The second-order valence-electron chi connectivity index (χ2n) is 2.19. The zero-order valence-electron chi connectivity index (χ0n) is 6.78. The number of hydrogen-bond donors (Lipinski definition) is 2. The van der Waals surface area contributed by atoms with Crippen molar-refractivity contribution in [2.45, 2.75) is 19.8 Å². The first kappa shape index (κ1) is 9.37. The van der Waals surface area contributed by atoms with Gasteiger partial charge in [0.25, 0.3) is 0 Å². The minimum Gasteiger partial charge on any atom is -0.319 e. The minimum absolute atomic E-state index is 0.705. The van der Waals surface area contributed by atoms with Crippen molar-refractivity contribution in [3.05, 3.63) is 12.2 Å². The summed E-state index contributed by atoms with van der Waals surface area (Å²) in [4.78, 5) is 0. The highest BCUT2D eigenvalue weighted by Crippen LogP contribution is 1.86. The van der Waals surface area contributed by atoms with Gasteiger partial charge < -0.3 is 10.7 Å². The van der Waals surface area contributed by atoms with Gasteiger partial charge >= 0.3 is 0 Å². The number of rotatable bonds is 5. The summed E-state index contributed by atoms with van der Waals surface area (Å²) < 4.78 is 0. The normalized spacial score (nSPS) is 10.6. The third-order valence-corrected chi connectivity index (χ3v) is 1.20. The van der Waals surface area contributed by atoms with E-state index in [-0.39, 0.29) is 0 Å². The standard InChI is InChI=1S/C8H16N2/c1-3-4-5-8(9)6-7-10-2/h4-5,9-10H,3,6-7H2,1-2H3/b5-4-,9-8?. The summed E-state index contributed by atoms with van der Waals surface area (Å²) in [6, 6.07) is 0. The molecule has 58 valence electrons. The average Bonchev–Trinajstić information content (AvgIpc) is 1.97. The lowest BCUT2D eigenvalue weighted by Crippen LogP contribution is -2.10. The Hall–Kier alpha value is -0.630. The van der Waals surface area contributed by atoms with E-state index in [2.05, 4.69) is 12.2 Å². The van der Waals surface area contributed by atoms with Crippen molar-refractivity contribution < 1.29 is 0 Å². The highest BCUT2D eigenvalue weighted by atomic mass is 14.8. The van der Waals surface area contributed by atoms with Crippen molar-refractivity contribution in [1.29, 1.82) is 5.41 Å². The smallest absolute Gasteiger partial charge is 0.0323 e. The van der Waals surface area contributed by atoms with E-state index < -0.39 is 0 Å². The Morgan fingerprint density at radius 1 is 1.60 bits per heavy atom. The van der Waals surface area contributed by atoms with Gasteiger partial charge in [-0.25, -0.2) is 0 Å². The number of nitrogens with one attached hydrogen (secondary N) is 2. The predicted octanol–water partition coefficient (Wildman–Crippen LogP) is 1.58. The van der Waals surface area contributed by atoms with Crippen LogP contribution in [0.25, 0.3) is 0 Å². The lowest BCUT2D eigenvalue weighted by Gasteiger charge is -1.95. The third kappa shape index (κ3) is 5.51. The van der Waals surface area contributed by atoms with Gasteiger partial charge in [-0.15, -0.1) is 0 Å². The van der Waals surface area contributed by atoms with E-state index in [1.54, 1.807) is 0 Å². The van der Waals surface area contributed by atoms with E-state index in [1.807, 2.05) is 19.2 Å². The van der Waals surface area contributed by atoms with Crippen LogP contribution in [0.2, 0.25) is 0 Å². The molecule has 0 amide bonds. The van der Waals surface area contributed by atoms with Crippen LogP contribution < -0.4 is 5.32 Å². The van der Waals surface area contributed by atoms with Crippen LogP contribution in [0.4, 0.5) is 0 Å². The quantitative estimate of drug-likeness (QED) is 0.559. The van der Waals surface area contributed by atoms with Gasteiger partial charge in [-0.05, 0) is 19.5 Å². The highest BCUT2D eigenvalue weighted by molar-refractivity contribution is 5.92. The molecule has 2 heteroatoms. The highest BCUT2D eigenvalue weighted by Gasteiger charge is 1.87. The van der Waals surface area contributed by atoms with E-state index in [0.717, 1.165) is 19.4 Å². The van der Waals surface area contributed by atoms with Crippen LogP contribution in [0.1, 0.15) is 19.8 Å². The van der Waals surface area contributed by atoms with E-state index in [9.17, 15) is 0 Å². The first-order chi connectivity index (χ1) is 4.81. The molecule has 0 radical (unpaired) electrons. The molecular weight excluding hydrogens is 124 g/mol. The number of hydrogen-bond acceptors (Lipinski definition) is 2. The van der Waals surface area contributed by atoms with Crippen LogP contribution in [0.3, 0.4) is 0 Å². The van der Waals surface area contributed by atoms with E-state index in [0.29, 0.717) is 5.71 Å². The molecule has 0 saturated carbocycles. The molecule has 0 fully saturated rings. The minimum atomic E-state index is 0.705. The zero-order chi connectivity index (χ0) is 7.82. The van der Waals surface area contributed by atoms with Crippen molar-refractivity contribution >= 4 is 5.71 Å². The topological polar surface area (TPSA) is 35.9 Å². The molecule has 0 aromatic carbocycles. The Balaban J connectivity index is 3.34. The fraction of sp³-hybridized carbons (Fsp3) is 0.625. The van der Waals surface area contributed by atoms with Gasteiger partial charge in [-0.3, -0.25) is 0 Å². The summed E-state index contributed by atoms with van der Waals surface area (Å²) in [5.41, 5.74) is 0.705. The molecule has 0 atom stereocenters. The van der Waals surface area contributed by atoms with Crippen molar-refractivity contribution in [2.75, 3.05) is 13.6 Å². The second kappa shape index (κ2) is 6.49. The molecule has 10 heavy (non-hydrogen) atoms. The maximum atomic E-state index is 7.37. The Bertz CT molecular complexity index is 116. The monoisotopic (exact) mass is 140 g/mol. The maximum absolute atomic E-state index is 7.37. The molecule has 0 aliphatic carbocycles. The van der Waals surface area contributed by atoms with Crippen LogP contribution in [0.15, 0.2) is 12.2 Å². The van der Waals surface area contributed by atoms with Crippen LogP contribution in [-0.2, 0) is 0 Å². The second-order valence-corrected chi connectivity index (χ2v) is 2.19. The van der Waals surface area contributed by atoms with Crippen LogP contribution in [0.5, 0.6) is 0 Å². The molecule has 0 aliphatic heterocycles. The van der Waals surface area contributed by atoms with Crippen molar-refractivity contribution in [3.63, 3.8) is 0 Å². The van der Waals surface area contributed by atoms with Gasteiger partial charge in [0.15, 0.2) is 0 Å². The summed E-state index contributed by atoms with van der Waals surface area (Å²) in [5.74, 6) is 0. The van der Waals surface area contributed by atoms with Crippen molar-refractivity contribution in [1.82, 2.24) is 5.32 Å². The Morgan fingerprint density at radius 2 is 2.30 bits per heavy atom. The van der Waals surface area contributed by atoms with Crippen LogP contribution in [0, 0.1) is 5.41 Å². The first-order valence-electron chi connectivity index (χ1n) is 3.69. The number of allylic oxidation sites excluding steroid dienone is 2. The van der Waals surface area contributed by atoms with E-state index in [1.165, 1.54) is 0 Å². The van der Waals surface area contributed by atoms with E-state index >= 15 is 0 Å². The Labute approximate surface area is 62.8 Å². The molecule has 0 aromatic rings. The lowest BCUT2D eigenvalue weighted by molar-refractivity contribution is 0.823. The Morgan fingerprint density at radius 3 is 2.80 bits per heavy atom. The average molecular weight is 140 g/mol. The van der Waals surface area contributed by atoms with Gasteiger partial charge in [0.1, 0.15) is 0 Å². The molecule has 0 heterocycles. The molecule has 2 N–H and O–H groups in total. The van der Waals surface area contributed by atoms with Crippen molar-refractivity contribution in [3.8, 4) is 0 Å². The fourth-order valence-corrected chi connectivity index (χ4v) is 0.603. The summed E-state index contributed by atoms with van der Waals surface area (Å²) in [6.45, 7) is 2.97. The molecule has 0 aliphatic rings. The zero-order valence-corrected chi connectivity index (χ0v) is 6.78. The van der Waals surface area contributed by atoms with Gasteiger partial charge in [0, 0.05) is 18.7 Å². The molecule has 0 rings (SSSR count). The molecule has 0 aromatic heterocycles.